The van der Waals surface area contributed by atoms with Crippen molar-refractivity contribution in [2.45, 2.75) is 25.2 Å². The molecule has 22 heavy (non-hydrogen) atoms. The molecule has 7 heteroatoms. The molecule has 2 heterocycles. The number of hydrogen-bond acceptors (Lipinski definition) is 5. The first kappa shape index (κ1) is 14.7. The van der Waals surface area contributed by atoms with E-state index in [0.717, 1.165) is 12.0 Å². The quantitative estimate of drug-likeness (QED) is 0.857. The number of ether oxygens (including phenoxy) is 2. The van der Waals surface area contributed by atoms with Gasteiger partial charge in [0.25, 0.3) is 5.91 Å². The molecule has 7 nitrogen and oxygen atoms in total. The number of amides is 1. The van der Waals surface area contributed by atoms with Gasteiger partial charge in [-0.25, -0.2) is 4.98 Å². The minimum Gasteiger partial charge on any atom is -0.379 e. The molecule has 2 atom stereocenters. The molecule has 0 radical (unpaired) electrons. The van der Waals surface area contributed by atoms with Crippen LogP contribution >= 0.6 is 0 Å². The number of rotatable bonds is 5. The first-order valence-corrected chi connectivity index (χ1v) is 7.22. The average molecular weight is 302 g/mol. The summed E-state index contributed by atoms with van der Waals surface area (Å²) in [7, 11) is 0. The molecule has 1 aromatic carbocycles. The van der Waals surface area contributed by atoms with Crippen molar-refractivity contribution in [1.82, 2.24) is 20.5 Å². The van der Waals surface area contributed by atoms with Crippen LogP contribution in [0.5, 0.6) is 0 Å². The number of nitrogens with zero attached hydrogens (tertiary/aromatic N) is 2. The summed E-state index contributed by atoms with van der Waals surface area (Å²) in [5.41, 5.74) is 1.11. The Morgan fingerprint density at radius 1 is 1.41 bits per heavy atom. The third-order valence-corrected chi connectivity index (χ3v) is 3.55. The Balaban J connectivity index is 1.57. The Kier molecular flexibility index (Phi) is 4.77. The third-order valence-electron chi connectivity index (χ3n) is 3.55. The fourth-order valence-corrected chi connectivity index (χ4v) is 2.38. The Labute approximate surface area is 128 Å². The van der Waals surface area contributed by atoms with Crippen molar-refractivity contribution in [3.05, 3.63) is 48.0 Å². The molecule has 0 unspecified atom stereocenters. The molecule has 116 valence electrons. The summed E-state index contributed by atoms with van der Waals surface area (Å²) in [5, 5.41) is 9.10. The van der Waals surface area contributed by atoms with E-state index < -0.39 is 0 Å². The summed E-state index contributed by atoms with van der Waals surface area (Å²) >= 11 is 0. The summed E-state index contributed by atoms with van der Waals surface area (Å²) in [4.78, 5) is 15.9. The highest BCUT2D eigenvalue weighted by molar-refractivity contribution is 5.90. The van der Waals surface area contributed by atoms with E-state index in [1.54, 1.807) is 0 Å². The van der Waals surface area contributed by atoms with Gasteiger partial charge in [-0.15, -0.1) is 0 Å². The molecule has 3 rings (SSSR count). The van der Waals surface area contributed by atoms with Gasteiger partial charge < -0.3 is 14.8 Å². The number of aromatic nitrogens is 3. The van der Waals surface area contributed by atoms with E-state index in [9.17, 15) is 4.79 Å². The molecule has 2 aromatic rings. The number of H-pyrrole nitrogens is 1. The predicted molar refractivity (Wildman–Crippen MR) is 78.1 cm³/mol. The number of hydrogen-bond donors (Lipinski definition) is 2. The lowest BCUT2D eigenvalue weighted by molar-refractivity contribution is -0.0605. The van der Waals surface area contributed by atoms with Crippen LogP contribution < -0.4 is 5.32 Å². The zero-order valence-corrected chi connectivity index (χ0v) is 12.1. The molecular formula is C15H18N4O3. The first-order chi connectivity index (χ1) is 10.8. The second-order valence-electron chi connectivity index (χ2n) is 5.11. The SMILES string of the molecule is O=C(N[C@@H]1COCC[C@@H]1OCc1ccccc1)c1ncn[nH]1. The van der Waals surface area contributed by atoms with Gasteiger partial charge in [0, 0.05) is 6.61 Å². The van der Waals surface area contributed by atoms with Crippen LogP contribution in [0.4, 0.5) is 0 Å². The summed E-state index contributed by atoms with van der Waals surface area (Å²) in [6, 6.07) is 9.76. The number of benzene rings is 1. The lowest BCUT2D eigenvalue weighted by atomic mass is 10.1. The van der Waals surface area contributed by atoms with Gasteiger partial charge >= 0.3 is 0 Å². The van der Waals surface area contributed by atoms with Crippen LogP contribution in [0.1, 0.15) is 22.6 Å². The Morgan fingerprint density at radius 3 is 3.05 bits per heavy atom. The van der Waals surface area contributed by atoms with Crippen molar-refractivity contribution in [2.24, 2.45) is 0 Å². The molecule has 0 aliphatic carbocycles. The largest absolute Gasteiger partial charge is 0.379 e. The van der Waals surface area contributed by atoms with Gasteiger partial charge in [-0.3, -0.25) is 9.89 Å². The van der Waals surface area contributed by atoms with Crippen molar-refractivity contribution in [2.75, 3.05) is 13.2 Å². The van der Waals surface area contributed by atoms with E-state index in [0.29, 0.717) is 19.8 Å². The summed E-state index contributed by atoms with van der Waals surface area (Å²) in [5.74, 6) is -0.117. The maximum Gasteiger partial charge on any atom is 0.288 e. The standard InChI is InChI=1S/C15H18N4O3/c20-15(14-16-10-17-19-14)18-12-9-21-7-6-13(12)22-8-11-4-2-1-3-5-11/h1-5,10,12-13H,6-9H2,(H,18,20)(H,16,17,19)/t12-,13+/m1/s1. The molecule has 1 aliphatic rings. The monoisotopic (exact) mass is 302 g/mol. The maximum absolute atomic E-state index is 12.0. The van der Waals surface area contributed by atoms with Crippen LogP contribution in [0.25, 0.3) is 0 Å². The van der Waals surface area contributed by atoms with E-state index in [2.05, 4.69) is 20.5 Å². The summed E-state index contributed by atoms with van der Waals surface area (Å²) in [6.07, 6.45) is 1.96. The van der Waals surface area contributed by atoms with Crippen molar-refractivity contribution in [3.63, 3.8) is 0 Å². The van der Waals surface area contributed by atoms with Gasteiger partial charge in [-0.2, -0.15) is 5.10 Å². The topological polar surface area (TPSA) is 89.1 Å². The average Bonchev–Trinajstić information content (AvgIpc) is 3.10. The van der Waals surface area contributed by atoms with Crippen molar-refractivity contribution in [3.8, 4) is 0 Å². The molecular weight excluding hydrogens is 284 g/mol. The van der Waals surface area contributed by atoms with Crippen LogP contribution in [0.2, 0.25) is 0 Å². The van der Waals surface area contributed by atoms with Gasteiger partial charge in [0.2, 0.25) is 5.82 Å². The summed E-state index contributed by atoms with van der Waals surface area (Å²) in [6.45, 7) is 1.58. The zero-order valence-electron chi connectivity index (χ0n) is 12.1. The Bertz CT molecular complexity index is 588. The van der Waals surface area contributed by atoms with Gasteiger partial charge in [0.1, 0.15) is 6.33 Å². The molecule has 1 amide bonds. The second-order valence-corrected chi connectivity index (χ2v) is 5.11. The third kappa shape index (κ3) is 3.69. The van der Waals surface area contributed by atoms with Crippen LogP contribution in [0, 0.1) is 0 Å². The van der Waals surface area contributed by atoms with Crippen LogP contribution in [0.15, 0.2) is 36.7 Å². The van der Waals surface area contributed by atoms with Crippen molar-refractivity contribution < 1.29 is 14.3 Å². The van der Waals surface area contributed by atoms with Crippen molar-refractivity contribution >= 4 is 5.91 Å². The maximum atomic E-state index is 12.0. The van der Waals surface area contributed by atoms with E-state index in [1.165, 1.54) is 6.33 Å². The zero-order chi connectivity index (χ0) is 15.2. The fourth-order valence-electron chi connectivity index (χ4n) is 2.38. The smallest absolute Gasteiger partial charge is 0.288 e. The molecule has 2 N–H and O–H groups in total. The second kappa shape index (κ2) is 7.15. The fraction of sp³-hybridized carbons (Fsp3) is 0.400. The molecule has 1 aromatic heterocycles. The normalized spacial score (nSPS) is 21.5. The lowest BCUT2D eigenvalue weighted by Crippen LogP contribution is -2.50. The lowest BCUT2D eigenvalue weighted by Gasteiger charge is -2.31. The van der Waals surface area contributed by atoms with Crippen LogP contribution in [-0.2, 0) is 16.1 Å². The van der Waals surface area contributed by atoms with Gasteiger partial charge in [0.15, 0.2) is 0 Å². The van der Waals surface area contributed by atoms with E-state index in [1.807, 2.05) is 30.3 Å². The van der Waals surface area contributed by atoms with Crippen molar-refractivity contribution in [1.29, 1.82) is 0 Å². The molecule has 1 saturated heterocycles. The van der Waals surface area contributed by atoms with E-state index in [4.69, 9.17) is 9.47 Å². The molecule has 0 bridgehead atoms. The van der Waals surface area contributed by atoms with Crippen LogP contribution in [0.3, 0.4) is 0 Å². The Hall–Kier alpha value is -2.25. The number of nitrogens with one attached hydrogen (secondary N) is 2. The van der Waals surface area contributed by atoms with Crippen LogP contribution in [-0.4, -0.2) is 46.4 Å². The van der Waals surface area contributed by atoms with E-state index in [-0.39, 0.29) is 23.9 Å². The van der Waals surface area contributed by atoms with Gasteiger partial charge in [-0.1, -0.05) is 30.3 Å². The van der Waals surface area contributed by atoms with Gasteiger partial charge in [-0.05, 0) is 12.0 Å². The van der Waals surface area contributed by atoms with E-state index >= 15 is 0 Å². The Morgan fingerprint density at radius 2 is 2.27 bits per heavy atom. The minimum atomic E-state index is -0.304. The number of carbonyl (C=O) groups is 1. The van der Waals surface area contributed by atoms with Gasteiger partial charge in [0.05, 0.1) is 25.4 Å². The molecule has 0 saturated carbocycles. The summed E-state index contributed by atoms with van der Waals surface area (Å²) < 4.78 is 11.4. The first-order valence-electron chi connectivity index (χ1n) is 7.22. The highest BCUT2D eigenvalue weighted by Crippen LogP contribution is 2.14. The highest BCUT2D eigenvalue weighted by atomic mass is 16.5. The molecule has 1 aliphatic heterocycles. The predicted octanol–water partition coefficient (Wildman–Crippen LogP) is 0.909. The minimum absolute atomic E-state index is 0.0826. The highest BCUT2D eigenvalue weighted by Gasteiger charge is 2.28. The molecule has 0 spiro atoms. The number of aromatic amines is 1. The number of carbonyl (C=O) groups excluding carboxylic acids is 1. The molecule has 1 fully saturated rings.